The van der Waals surface area contributed by atoms with Crippen LogP contribution in [0, 0.1) is 6.92 Å². The van der Waals surface area contributed by atoms with E-state index in [1.165, 1.54) is 0 Å². The highest BCUT2D eigenvalue weighted by molar-refractivity contribution is 5.81. The van der Waals surface area contributed by atoms with Gasteiger partial charge < -0.3 is 14.2 Å². The van der Waals surface area contributed by atoms with Gasteiger partial charge in [-0.05, 0) is 38.8 Å². The summed E-state index contributed by atoms with van der Waals surface area (Å²) in [7, 11) is 0. The predicted octanol–water partition coefficient (Wildman–Crippen LogP) is 2.51. The van der Waals surface area contributed by atoms with Crippen LogP contribution in [0.5, 0.6) is 5.75 Å². The predicted molar refractivity (Wildman–Crippen MR) is 79.3 cm³/mol. The van der Waals surface area contributed by atoms with E-state index in [-0.39, 0.29) is 11.9 Å². The van der Waals surface area contributed by atoms with Crippen molar-refractivity contribution in [2.45, 2.75) is 38.8 Å². The van der Waals surface area contributed by atoms with E-state index in [9.17, 15) is 4.79 Å². The molecule has 0 N–H and O–H groups in total. The number of amides is 1. The highest BCUT2D eigenvalue weighted by atomic mass is 16.5. The molecule has 0 bridgehead atoms. The van der Waals surface area contributed by atoms with E-state index in [0.29, 0.717) is 24.0 Å². The molecule has 1 amide bonds. The molecule has 2 aromatic rings. The van der Waals surface area contributed by atoms with Crippen LogP contribution in [0.1, 0.15) is 37.5 Å². The molecule has 1 aromatic carbocycles. The fourth-order valence-corrected chi connectivity index (χ4v) is 2.72. The van der Waals surface area contributed by atoms with E-state index in [4.69, 9.17) is 9.26 Å². The summed E-state index contributed by atoms with van der Waals surface area (Å²) >= 11 is 0. The van der Waals surface area contributed by atoms with Gasteiger partial charge in [0.2, 0.25) is 5.89 Å². The SMILES string of the molecule is Cc1noc(C2CCCN2C(=O)C(C)Oc2ccccc2)n1. The molecule has 0 saturated carbocycles. The summed E-state index contributed by atoms with van der Waals surface area (Å²) in [6.45, 7) is 4.23. The Morgan fingerprint density at radius 2 is 2.18 bits per heavy atom. The number of hydrogen-bond acceptors (Lipinski definition) is 5. The summed E-state index contributed by atoms with van der Waals surface area (Å²) in [6.07, 6.45) is 1.22. The van der Waals surface area contributed by atoms with Crippen molar-refractivity contribution in [3.8, 4) is 5.75 Å². The van der Waals surface area contributed by atoms with Gasteiger partial charge in [-0.3, -0.25) is 4.79 Å². The Kier molecular flexibility index (Phi) is 4.09. The first kappa shape index (κ1) is 14.6. The van der Waals surface area contributed by atoms with Crippen LogP contribution < -0.4 is 4.74 Å². The van der Waals surface area contributed by atoms with E-state index in [1.807, 2.05) is 30.3 Å². The number of ether oxygens (including phenoxy) is 1. The average Bonchev–Trinajstić information content (AvgIpc) is 3.15. The molecule has 6 heteroatoms. The Balaban J connectivity index is 1.70. The Labute approximate surface area is 129 Å². The third kappa shape index (κ3) is 2.95. The zero-order valence-corrected chi connectivity index (χ0v) is 12.7. The molecule has 116 valence electrons. The second-order valence-electron chi connectivity index (χ2n) is 5.44. The lowest BCUT2D eigenvalue weighted by Gasteiger charge is -2.25. The van der Waals surface area contributed by atoms with Crippen LogP contribution in [0.4, 0.5) is 0 Å². The lowest BCUT2D eigenvalue weighted by Crippen LogP contribution is -2.40. The molecule has 1 fully saturated rings. The van der Waals surface area contributed by atoms with Crippen molar-refractivity contribution in [1.82, 2.24) is 15.0 Å². The van der Waals surface area contributed by atoms with Gasteiger partial charge in [0.15, 0.2) is 11.9 Å². The molecule has 2 heterocycles. The number of carbonyl (C=O) groups is 1. The number of carbonyl (C=O) groups excluding carboxylic acids is 1. The second-order valence-corrected chi connectivity index (χ2v) is 5.44. The normalized spacial score (nSPS) is 19.2. The number of para-hydroxylation sites is 1. The largest absolute Gasteiger partial charge is 0.481 e. The number of hydrogen-bond donors (Lipinski definition) is 0. The molecule has 1 aromatic heterocycles. The maximum atomic E-state index is 12.7. The monoisotopic (exact) mass is 301 g/mol. The van der Waals surface area contributed by atoms with Crippen molar-refractivity contribution in [1.29, 1.82) is 0 Å². The molecule has 1 aliphatic heterocycles. The number of nitrogens with zero attached hydrogens (tertiary/aromatic N) is 3. The lowest BCUT2D eigenvalue weighted by atomic mass is 10.2. The Hall–Kier alpha value is -2.37. The van der Waals surface area contributed by atoms with Gasteiger partial charge in [-0.1, -0.05) is 23.4 Å². The van der Waals surface area contributed by atoms with E-state index in [0.717, 1.165) is 12.8 Å². The first-order valence-electron chi connectivity index (χ1n) is 7.47. The van der Waals surface area contributed by atoms with E-state index in [1.54, 1.807) is 18.7 Å². The molecule has 0 aliphatic carbocycles. The quantitative estimate of drug-likeness (QED) is 0.868. The summed E-state index contributed by atoms with van der Waals surface area (Å²) in [5.41, 5.74) is 0. The van der Waals surface area contributed by atoms with Gasteiger partial charge in [-0.2, -0.15) is 4.98 Å². The van der Waals surface area contributed by atoms with Crippen LogP contribution in [0.3, 0.4) is 0 Å². The van der Waals surface area contributed by atoms with Gasteiger partial charge in [0, 0.05) is 6.54 Å². The summed E-state index contributed by atoms with van der Waals surface area (Å²) in [5.74, 6) is 1.73. The minimum Gasteiger partial charge on any atom is -0.481 e. The zero-order chi connectivity index (χ0) is 15.5. The molecule has 2 atom stereocenters. The summed E-state index contributed by atoms with van der Waals surface area (Å²) < 4.78 is 11.0. The highest BCUT2D eigenvalue weighted by Crippen LogP contribution is 2.31. The van der Waals surface area contributed by atoms with Gasteiger partial charge in [0.1, 0.15) is 11.8 Å². The van der Waals surface area contributed by atoms with Crippen molar-refractivity contribution in [3.05, 3.63) is 42.0 Å². The molecule has 0 radical (unpaired) electrons. The number of aromatic nitrogens is 2. The molecule has 1 aliphatic rings. The summed E-state index contributed by atoms with van der Waals surface area (Å²) in [4.78, 5) is 18.7. The Morgan fingerprint density at radius 1 is 1.41 bits per heavy atom. The van der Waals surface area contributed by atoms with Crippen molar-refractivity contribution in [3.63, 3.8) is 0 Å². The highest BCUT2D eigenvalue weighted by Gasteiger charge is 2.36. The molecule has 22 heavy (non-hydrogen) atoms. The average molecular weight is 301 g/mol. The van der Waals surface area contributed by atoms with Crippen LogP contribution in [0.2, 0.25) is 0 Å². The van der Waals surface area contributed by atoms with Crippen molar-refractivity contribution in [2.24, 2.45) is 0 Å². The van der Waals surface area contributed by atoms with Crippen LogP contribution in [-0.4, -0.2) is 33.6 Å². The Morgan fingerprint density at radius 3 is 2.86 bits per heavy atom. The third-order valence-corrected chi connectivity index (χ3v) is 3.77. The smallest absolute Gasteiger partial charge is 0.264 e. The molecule has 6 nitrogen and oxygen atoms in total. The second kappa shape index (κ2) is 6.17. The number of likely N-dealkylation sites (tertiary alicyclic amines) is 1. The fraction of sp³-hybridized carbons (Fsp3) is 0.438. The van der Waals surface area contributed by atoms with Crippen LogP contribution in [-0.2, 0) is 4.79 Å². The molecule has 0 spiro atoms. The van der Waals surface area contributed by atoms with Gasteiger partial charge >= 0.3 is 0 Å². The lowest BCUT2D eigenvalue weighted by molar-refractivity contribution is -0.139. The van der Waals surface area contributed by atoms with Gasteiger partial charge in [0.25, 0.3) is 5.91 Å². The maximum Gasteiger partial charge on any atom is 0.264 e. The molecule has 3 rings (SSSR count). The van der Waals surface area contributed by atoms with Crippen LogP contribution in [0.15, 0.2) is 34.9 Å². The van der Waals surface area contributed by atoms with Crippen LogP contribution in [0.25, 0.3) is 0 Å². The van der Waals surface area contributed by atoms with Gasteiger partial charge in [-0.25, -0.2) is 0 Å². The van der Waals surface area contributed by atoms with Gasteiger partial charge in [-0.15, -0.1) is 0 Å². The van der Waals surface area contributed by atoms with E-state index >= 15 is 0 Å². The topological polar surface area (TPSA) is 68.5 Å². The van der Waals surface area contributed by atoms with E-state index < -0.39 is 6.10 Å². The molecular weight excluding hydrogens is 282 g/mol. The standard InChI is InChI=1S/C16H19N3O3/c1-11(21-13-7-4-3-5-8-13)16(20)19-10-6-9-14(19)15-17-12(2)18-22-15/h3-5,7-8,11,14H,6,9-10H2,1-2H3. The van der Waals surface area contributed by atoms with Crippen molar-refractivity contribution >= 4 is 5.91 Å². The van der Waals surface area contributed by atoms with Gasteiger partial charge in [0.05, 0.1) is 0 Å². The number of aryl methyl sites for hydroxylation is 1. The van der Waals surface area contributed by atoms with Crippen molar-refractivity contribution in [2.75, 3.05) is 6.54 Å². The van der Waals surface area contributed by atoms with Crippen LogP contribution >= 0.6 is 0 Å². The summed E-state index contributed by atoms with van der Waals surface area (Å²) in [5, 5.41) is 3.81. The number of rotatable bonds is 4. The minimum absolute atomic E-state index is 0.0535. The zero-order valence-electron chi connectivity index (χ0n) is 12.7. The van der Waals surface area contributed by atoms with Crippen molar-refractivity contribution < 1.29 is 14.1 Å². The first-order chi connectivity index (χ1) is 10.6. The van der Waals surface area contributed by atoms with E-state index in [2.05, 4.69) is 10.1 Å². The molecule has 2 unspecified atom stereocenters. The third-order valence-electron chi connectivity index (χ3n) is 3.77. The fourth-order valence-electron chi connectivity index (χ4n) is 2.72. The molecule has 1 saturated heterocycles. The first-order valence-corrected chi connectivity index (χ1v) is 7.47. The minimum atomic E-state index is -0.549. The molecular formula is C16H19N3O3. The maximum absolute atomic E-state index is 12.7. The number of benzene rings is 1. The summed E-state index contributed by atoms with van der Waals surface area (Å²) in [6, 6.07) is 9.21. The Bertz CT molecular complexity index is 641.